The number of aryl methyl sites for hydroxylation is 3. The second kappa shape index (κ2) is 6.17. The van der Waals surface area contributed by atoms with E-state index in [9.17, 15) is 0 Å². The van der Waals surface area contributed by atoms with Crippen molar-refractivity contribution in [2.75, 3.05) is 0 Å². The molecule has 0 saturated carbocycles. The van der Waals surface area contributed by atoms with Crippen molar-refractivity contribution in [1.29, 1.82) is 0 Å². The van der Waals surface area contributed by atoms with E-state index in [1.807, 2.05) is 29.2 Å². The molecule has 2 heterocycles. The second-order valence-corrected chi connectivity index (χ2v) is 5.25. The van der Waals surface area contributed by atoms with Crippen LogP contribution in [0.25, 0.3) is 0 Å². The monoisotopic (exact) mass is 269 g/mol. The van der Waals surface area contributed by atoms with Gasteiger partial charge in [0.15, 0.2) is 0 Å². The number of hydrogen-bond acceptors (Lipinski definition) is 3. The van der Waals surface area contributed by atoms with Crippen molar-refractivity contribution in [2.24, 2.45) is 0 Å². The van der Waals surface area contributed by atoms with Crippen LogP contribution in [-0.2, 0) is 18.8 Å². The number of unbranched alkanes of at least 4 members (excludes halogenated alkanes) is 1. The lowest BCUT2D eigenvalue weighted by molar-refractivity contribution is 0.554. The van der Waals surface area contributed by atoms with Crippen LogP contribution < -0.4 is 0 Å². The van der Waals surface area contributed by atoms with Crippen molar-refractivity contribution in [3.05, 3.63) is 34.0 Å². The third-order valence-electron chi connectivity index (χ3n) is 2.54. The van der Waals surface area contributed by atoms with E-state index < -0.39 is 0 Å². The van der Waals surface area contributed by atoms with Gasteiger partial charge in [0.05, 0.1) is 22.3 Å². The van der Waals surface area contributed by atoms with Gasteiger partial charge in [-0.3, -0.25) is 4.68 Å². The van der Waals surface area contributed by atoms with Gasteiger partial charge in [0, 0.05) is 18.1 Å². The molecule has 0 N–H and O–H groups in total. The van der Waals surface area contributed by atoms with Crippen LogP contribution in [0.1, 0.15) is 29.2 Å². The third kappa shape index (κ3) is 3.82. The Balaban J connectivity index is 1.69. The zero-order valence-electron chi connectivity index (χ0n) is 9.90. The Morgan fingerprint density at radius 2 is 2.29 bits per heavy atom. The summed E-state index contributed by atoms with van der Waals surface area (Å²) < 4.78 is 2.00. The Bertz CT molecular complexity index is 464. The minimum atomic E-state index is 0.517. The Labute approximate surface area is 110 Å². The molecule has 2 rings (SSSR count). The quantitative estimate of drug-likeness (QED) is 0.594. The number of aromatic nitrogens is 3. The largest absolute Gasteiger partial charge is 0.273 e. The maximum atomic E-state index is 5.72. The van der Waals surface area contributed by atoms with Gasteiger partial charge in [-0.1, -0.05) is 0 Å². The molecule has 2 aromatic rings. The summed E-state index contributed by atoms with van der Waals surface area (Å²) in [6, 6.07) is 2.04. The highest BCUT2D eigenvalue weighted by Crippen LogP contribution is 2.14. The molecule has 0 fully saturated rings. The van der Waals surface area contributed by atoms with Gasteiger partial charge in [-0.05, 0) is 32.3 Å². The van der Waals surface area contributed by atoms with Crippen LogP contribution in [0.4, 0.5) is 0 Å². The summed E-state index contributed by atoms with van der Waals surface area (Å²) in [6.45, 7) is 3.00. The first kappa shape index (κ1) is 12.6. The number of hydrogen-bond donors (Lipinski definition) is 0. The summed E-state index contributed by atoms with van der Waals surface area (Å²) >= 11 is 7.42. The van der Waals surface area contributed by atoms with Gasteiger partial charge < -0.3 is 0 Å². The normalized spacial score (nSPS) is 10.9. The zero-order valence-corrected chi connectivity index (χ0v) is 11.5. The van der Waals surface area contributed by atoms with E-state index in [2.05, 4.69) is 10.1 Å². The summed E-state index contributed by atoms with van der Waals surface area (Å²) in [5.41, 5.74) is 2.08. The summed E-state index contributed by atoms with van der Waals surface area (Å²) in [5, 5.41) is 7.59. The SMILES string of the molecule is Cc1ccn(CCCCc2nc(CCl)cs2)n1. The maximum Gasteiger partial charge on any atom is 0.0928 e. The summed E-state index contributed by atoms with van der Waals surface area (Å²) in [6.07, 6.45) is 5.36. The average Bonchev–Trinajstić information content (AvgIpc) is 2.93. The van der Waals surface area contributed by atoms with Crippen molar-refractivity contribution in [3.8, 4) is 0 Å². The van der Waals surface area contributed by atoms with Crippen molar-refractivity contribution < 1.29 is 0 Å². The van der Waals surface area contributed by atoms with Crippen LogP contribution >= 0.6 is 22.9 Å². The lowest BCUT2D eigenvalue weighted by Gasteiger charge is -2.00. The highest BCUT2D eigenvalue weighted by Gasteiger charge is 2.01. The van der Waals surface area contributed by atoms with E-state index in [0.29, 0.717) is 5.88 Å². The van der Waals surface area contributed by atoms with Crippen molar-refractivity contribution in [3.63, 3.8) is 0 Å². The van der Waals surface area contributed by atoms with Crippen LogP contribution in [0, 0.1) is 6.92 Å². The molecule has 0 aliphatic rings. The predicted octanol–water partition coefficient (Wildman–Crippen LogP) is 3.41. The standard InChI is InChI=1S/C12H16ClN3S/c1-10-5-7-16(15-10)6-3-2-4-12-14-11(8-13)9-17-12/h5,7,9H,2-4,6,8H2,1H3. The number of thiazole rings is 1. The molecule has 0 saturated heterocycles. The molecule has 17 heavy (non-hydrogen) atoms. The molecule has 0 atom stereocenters. The number of rotatable bonds is 6. The van der Waals surface area contributed by atoms with E-state index >= 15 is 0 Å². The van der Waals surface area contributed by atoms with E-state index in [0.717, 1.165) is 37.2 Å². The van der Waals surface area contributed by atoms with E-state index in [1.165, 1.54) is 5.01 Å². The van der Waals surface area contributed by atoms with E-state index in [1.54, 1.807) is 11.3 Å². The molecule has 0 unspecified atom stereocenters. The first-order valence-electron chi connectivity index (χ1n) is 5.77. The molecule has 0 amide bonds. The molecule has 0 bridgehead atoms. The van der Waals surface area contributed by atoms with Crippen molar-refractivity contribution >= 4 is 22.9 Å². The molecular formula is C12H16ClN3S. The van der Waals surface area contributed by atoms with Crippen molar-refractivity contribution in [1.82, 2.24) is 14.8 Å². The maximum absolute atomic E-state index is 5.72. The molecule has 92 valence electrons. The molecule has 0 aromatic carbocycles. The van der Waals surface area contributed by atoms with Gasteiger partial charge >= 0.3 is 0 Å². The fourth-order valence-electron chi connectivity index (χ4n) is 1.66. The fourth-order valence-corrected chi connectivity index (χ4v) is 2.73. The van der Waals surface area contributed by atoms with Gasteiger partial charge in [-0.15, -0.1) is 22.9 Å². The fraction of sp³-hybridized carbons (Fsp3) is 0.500. The molecule has 3 nitrogen and oxygen atoms in total. The average molecular weight is 270 g/mol. The lowest BCUT2D eigenvalue weighted by Crippen LogP contribution is -1.99. The molecule has 0 aliphatic carbocycles. The van der Waals surface area contributed by atoms with Crippen LogP contribution in [-0.4, -0.2) is 14.8 Å². The van der Waals surface area contributed by atoms with Gasteiger partial charge in [0.2, 0.25) is 0 Å². The van der Waals surface area contributed by atoms with Crippen molar-refractivity contribution in [2.45, 2.75) is 38.6 Å². The molecule has 0 spiro atoms. The highest BCUT2D eigenvalue weighted by molar-refractivity contribution is 7.09. The first-order valence-corrected chi connectivity index (χ1v) is 7.18. The van der Waals surface area contributed by atoms with Gasteiger partial charge in [0.1, 0.15) is 0 Å². The third-order valence-corrected chi connectivity index (χ3v) is 3.77. The van der Waals surface area contributed by atoms with Crippen LogP contribution in [0.3, 0.4) is 0 Å². The predicted molar refractivity (Wildman–Crippen MR) is 71.6 cm³/mol. The van der Waals surface area contributed by atoms with Gasteiger partial charge in [0.25, 0.3) is 0 Å². The lowest BCUT2D eigenvalue weighted by atomic mass is 10.2. The first-order chi connectivity index (χ1) is 8.28. The second-order valence-electron chi connectivity index (χ2n) is 4.04. The molecule has 5 heteroatoms. The van der Waals surface area contributed by atoms with E-state index in [4.69, 9.17) is 11.6 Å². The zero-order chi connectivity index (χ0) is 12.1. The summed E-state index contributed by atoms with van der Waals surface area (Å²) in [7, 11) is 0. The van der Waals surface area contributed by atoms with Crippen LogP contribution in [0.15, 0.2) is 17.6 Å². The topological polar surface area (TPSA) is 30.7 Å². The van der Waals surface area contributed by atoms with Crippen LogP contribution in [0.5, 0.6) is 0 Å². The van der Waals surface area contributed by atoms with E-state index in [-0.39, 0.29) is 0 Å². The Kier molecular flexibility index (Phi) is 4.57. The smallest absolute Gasteiger partial charge is 0.0928 e. The Hall–Kier alpha value is -0.870. The molecule has 0 radical (unpaired) electrons. The summed E-state index contributed by atoms with van der Waals surface area (Å²) in [5.74, 6) is 0.517. The number of alkyl halides is 1. The molecular weight excluding hydrogens is 254 g/mol. The Morgan fingerprint density at radius 1 is 1.41 bits per heavy atom. The minimum absolute atomic E-state index is 0.517. The van der Waals surface area contributed by atoms with Gasteiger partial charge in [-0.25, -0.2) is 4.98 Å². The molecule has 2 aromatic heterocycles. The molecule has 0 aliphatic heterocycles. The number of nitrogens with zero attached hydrogens (tertiary/aromatic N) is 3. The minimum Gasteiger partial charge on any atom is -0.273 e. The van der Waals surface area contributed by atoms with Crippen LogP contribution in [0.2, 0.25) is 0 Å². The van der Waals surface area contributed by atoms with Gasteiger partial charge in [-0.2, -0.15) is 5.10 Å². The Morgan fingerprint density at radius 3 is 2.94 bits per heavy atom. The summed E-state index contributed by atoms with van der Waals surface area (Å²) in [4.78, 5) is 4.44. The highest BCUT2D eigenvalue weighted by atomic mass is 35.5. The number of halogens is 1.